The molecule has 1 aromatic carbocycles. The third-order valence-electron chi connectivity index (χ3n) is 3.01. The number of rotatable bonds is 5. The zero-order chi connectivity index (χ0) is 14.0. The maximum Gasteiger partial charge on any atom is 0.255 e. The highest BCUT2D eigenvalue weighted by Crippen LogP contribution is 2.32. The summed E-state index contributed by atoms with van der Waals surface area (Å²) in [7, 11) is 0. The highest BCUT2D eigenvalue weighted by atomic mass is 19.3. The number of hydrogen-bond donors (Lipinski definition) is 3. The normalized spacial score (nSPS) is 17.5. The Morgan fingerprint density at radius 3 is 2.84 bits per heavy atom. The van der Waals surface area contributed by atoms with Crippen LogP contribution in [0.5, 0.6) is 0 Å². The van der Waals surface area contributed by atoms with Crippen molar-refractivity contribution in [1.29, 1.82) is 0 Å². The molecule has 1 amide bonds. The standard InChI is InChI=1S/C12H15F2N3O2/c13-10(14)6-17(3-4-18)7-1-2-8-9(5-7)16-12(19)11(8)15/h1-2,5,10-11,18H,3-4,6,15H2,(H,16,19). The van der Waals surface area contributed by atoms with Crippen molar-refractivity contribution in [2.45, 2.75) is 12.5 Å². The molecule has 19 heavy (non-hydrogen) atoms. The van der Waals surface area contributed by atoms with Crippen LogP contribution in [0.2, 0.25) is 0 Å². The van der Waals surface area contributed by atoms with Gasteiger partial charge in [-0.1, -0.05) is 6.07 Å². The highest BCUT2D eigenvalue weighted by Gasteiger charge is 2.27. The molecular formula is C12H15F2N3O2. The van der Waals surface area contributed by atoms with E-state index in [4.69, 9.17) is 10.8 Å². The molecule has 104 valence electrons. The van der Waals surface area contributed by atoms with Crippen LogP contribution < -0.4 is 16.0 Å². The second kappa shape index (κ2) is 5.50. The van der Waals surface area contributed by atoms with Gasteiger partial charge in [-0.15, -0.1) is 0 Å². The van der Waals surface area contributed by atoms with Gasteiger partial charge in [-0.3, -0.25) is 4.79 Å². The summed E-state index contributed by atoms with van der Waals surface area (Å²) < 4.78 is 25.0. The Morgan fingerprint density at radius 1 is 1.47 bits per heavy atom. The summed E-state index contributed by atoms with van der Waals surface area (Å²) in [6, 6.07) is 4.14. The molecular weight excluding hydrogens is 256 g/mol. The average Bonchev–Trinajstić information content (AvgIpc) is 2.63. The first-order valence-electron chi connectivity index (χ1n) is 5.87. The van der Waals surface area contributed by atoms with Crippen LogP contribution in [0.25, 0.3) is 0 Å². The molecule has 5 nitrogen and oxygen atoms in total. The number of hydrogen-bond acceptors (Lipinski definition) is 4. The van der Waals surface area contributed by atoms with Crippen LogP contribution in [0.15, 0.2) is 18.2 Å². The zero-order valence-corrected chi connectivity index (χ0v) is 10.1. The van der Waals surface area contributed by atoms with Crippen molar-refractivity contribution in [3.8, 4) is 0 Å². The van der Waals surface area contributed by atoms with Crippen molar-refractivity contribution in [3.05, 3.63) is 23.8 Å². The van der Waals surface area contributed by atoms with Crippen LogP contribution in [0.4, 0.5) is 20.2 Å². The summed E-state index contributed by atoms with van der Waals surface area (Å²) in [5.41, 5.74) is 7.37. The molecule has 1 unspecified atom stereocenters. The molecule has 7 heteroatoms. The van der Waals surface area contributed by atoms with Crippen molar-refractivity contribution >= 4 is 17.3 Å². The van der Waals surface area contributed by atoms with Crippen LogP contribution in [0.3, 0.4) is 0 Å². The molecule has 0 spiro atoms. The Labute approximate surface area is 109 Å². The fourth-order valence-electron chi connectivity index (χ4n) is 2.09. The molecule has 1 aromatic rings. The minimum absolute atomic E-state index is 0.100. The molecule has 0 saturated carbocycles. The van der Waals surface area contributed by atoms with E-state index in [-0.39, 0.29) is 19.1 Å². The number of amides is 1. The summed E-state index contributed by atoms with van der Waals surface area (Å²) in [5.74, 6) is -0.310. The number of benzene rings is 1. The smallest absolute Gasteiger partial charge is 0.255 e. The number of carbonyl (C=O) groups is 1. The van der Waals surface area contributed by atoms with Gasteiger partial charge in [0.1, 0.15) is 6.04 Å². The Bertz CT molecular complexity index is 482. The second-order valence-corrected chi connectivity index (χ2v) is 4.30. The van der Waals surface area contributed by atoms with Crippen LogP contribution in [0.1, 0.15) is 11.6 Å². The lowest BCUT2D eigenvalue weighted by Crippen LogP contribution is -2.31. The summed E-state index contributed by atoms with van der Waals surface area (Å²) in [6.45, 7) is -0.599. The van der Waals surface area contributed by atoms with Crippen molar-refractivity contribution in [3.63, 3.8) is 0 Å². The van der Waals surface area contributed by atoms with Gasteiger partial charge in [0.05, 0.1) is 13.2 Å². The Hall–Kier alpha value is -1.73. The second-order valence-electron chi connectivity index (χ2n) is 4.30. The first kappa shape index (κ1) is 13.7. The van der Waals surface area contributed by atoms with Crippen LogP contribution in [-0.4, -0.2) is 37.1 Å². The maximum atomic E-state index is 12.5. The van der Waals surface area contributed by atoms with Gasteiger partial charge in [0.2, 0.25) is 5.91 Å². The average molecular weight is 271 g/mol. The molecule has 1 aliphatic heterocycles. The molecule has 0 aliphatic carbocycles. The lowest BCUT2D eigenvalue weighted by atomic mass is 10.1. The monoisotopic (exact) mass is 271 g/mol. The number of nitrogens with zero attached hydrogens (tertiary/aromatic N) is 1. The largest absolute Gasteiger partial charge is 0.395 e. The van der Waals surface area contributed by atoms with Gasteiger partial charge < -0.3 is 21.1 Å². The summed E-state index contributed by atoms with van der Waals surface area (Å²) >= 11 is 0. The lowest BCUT2D eigenvalue weighted by Gasteiger charge is -2.24. The van der Waals surface area contributed by atoms with E-state index in [0.717, 1.165) is 0 Å². The third-order valence-corrected chi connectivity index (χ3v) is 3.01. The van der Waals surface area contributed by atoms with E-state index in [1.807, 2.05) is 0 Å². The Morgan fingerprint density at radius 2 is 2.21 bits per heavy atom. The molecule has 1 atom stereocenters. The van der Waals surface area contributed by atoms with Crippen molar-refractivity contribution < 1.29 is 18.7 Å². The van der Waals surface area contributed by atoms with Gasteiger partial charge in [0.25, 0.3) is 6.43 Å². The number of anilines is 2. The van der Waals surface area contributed by atoms with Crippen LogP contribution in [0, 0.1) is 0 Å². The first-order chi connectivity index (χ1) is 9.02. The molecule has 0 bridgehead atoms. The molecule has 2 rings (SSSR count). The number of fused-ring (bicyclic) bond motifs is 1. The number of alkyl halides is 2. The zero-order valence-electron chi connectivity index (χ0n) is 10.1. The van der Waals surface area contributed by atoms with E-state index in [1.54, 1.807) is 18.2 Å². The van der Waals surface area contributed by atoms with Gasteiger partial charge in [-0.2, -0.15) is 0 Å². The van der Waals surface area contributed by atoms with Crippen LogP contribution in [-0.2, 0) is 4.79 Å². The van der Waals surface area contributed by atoms with E-state index in [1.165, 1.54) is 4.90 Å². The molecule has 1 aliphatic rings. The number of nitrogens with two attached hydrogens (primary N) is 1. The fourth-order valence-corrected chi connectivity index (χ4v) is 2.09. The maximum absolute atomic E-state index is 12.5. The van der Waals surface area contributed by atoms with E-state index in [9.17, 15) is 13.6 Å². The van der Waals surface area contributed by atoms with Crippen molar-refractivity contribution in [2.75, 3.05) is 29.9 Å². The molecule has 0 fully saturated rings. The third kappa shape index (κ3) is 2.82. The number of carbonyl (C=O) groups excluding carboxylic acids is 1. The predicted molar refractivity (Wildman–Crippen MR) is 67.3 cm³/mol. The lowest BCUT2D eigenvalue weighted by molar-refractivity contribution is -0.116. The van der Waals surface area contributed by atoms with Gasteiger partial charge in [-0.05, 0) is 12.1 Å². The van der Waals surface area contributed by atoms with Crippen molar-refractivity contribution in [2.24, 2.45) is 5.73 Å². The summed E-state index contributed by atoms with van der Waals surface area (Å²) in [5, 5.41) is 11.5. The number of aliphatic hydroxyl groups excluding tert-OH is 1. The fraction of sp³-hybridized carbons (Fsp3) is 0.417. The topological polar surface area (TPSA) is 78.6 Å². The molecule has 1 heterocycles. The summed E-state index contributed by atoms with van der Waals surface area (Å²) in [6.07, 6.45) is -2.50. The minimum Gasteiger partial charge on any atom is -0.395 e. The number of halogens is 2. The van der Waals surface area contributed by atoms with E-state index < -0.39 is 19.0 Å². The highest BCUT2D eigenvalue weighted by molar-refractivity contribution is 6.02. The van der Waals surface area contributed by atoms with Gasteiger partial charge in [-0.25, -0.2) is 8.78 Å². The minimum atomic E-state index is -2.50. The van der Waals surface area contributed by atoms with Gasteiger partial charge >= 0.3 is 0 Å². The number of nitrogens with one attached hydrogen (secondary N) is 1. The van der Waals surface area contributed by atoms with Crippen molar-refractivity contribution in [1.82, 2.24) is 0 Å². The SMILES string of the molecule is NC1C(=O)Nc2cc(N(CCO)CC(F)F)ccc21. The molecule has 4 N–H and O–H groups in total. The van der Waals surface area contributed by atoms with E-state index >= 15 is 0 Å². The van der Waals surface area contributed by atoms with E-state index in [2.05, 4.69) is 5.32 Å². The molecule has 0 radical (unpaired) electrons. The number of aliphatic hydroxyl groups is 1. The predicted octanol–water partition coefficient (Wildman–Crippen LogP) is 0.702. The van der Waals surface area contributed by atoms with Crippen LogP contribution >= 0.6 is 0 Å². The van der Waals surface area contributed by atoms with E-state index in [0.29, 0.717) is 16.9 Å². The quantitative estimate of drug-likeness (QED) is 0.736. The summed E-state index contributed by atoms with van der Waals surface area (Å²) in [4.78, 5) is 12.8. The van der Waals surface area contributed by atoms with Gasteiger partial charge in [0, 0.05) is 23.5 Å². The Balaban J connectivity index is 2.25. The molecule has 0 aromatic heterocycles. The Kier molecular flexibility index (Phi) is 3.96. The first-order valence-corrected chi connectivity index (χ1v) is 5.87. The molecule has 0 saturated heterocycles. The van der Waals surface area contributed by atoms with Gasteiger partial charge in [0.15, 0.2) is 0 Å².